The van der Waals surface area contributed by atoms with Crippen molar-refractivity contribution in [3.05, 3.63) is 35.9 Å². The standard InChI is InChI=1S/C10H13NO/c11-10-7-2-1-5-9(10)6-3-4-8-12/h1-3,5-7,12H,4,8,11H2. The van der Waals surface area contributed by atoms with E-state index in [9.17, 15) is 0 Å². The van der Waals surface area contributed by atoms with Crippen molar-refractivity contribution in [3.63, 3.8) is 0 Å². The Kier molecular flexibility index (Phi) is 3.35. The molecule has 0 radical (unpaired) electrons. The van der Waals surface area contributed by atoms with Gasteiger partial charge < -0.3 is 10.8 Å². The number of aliphatic hydroxyl groups is 1. The van der Waals surface area contributed by atoms with E-state index in [1.807, 2.05) is 36.4 Å². The third-order valence-corrected chi connectivity index (χ3v) is 1.59. The van der Waals surface area contributed by atoms with Crippen LogP contribution in [-0.2, 0) is 0 Å². The topological polar surface area (TPSA) is 46.2 Å². The molecule has 0 heterocycles. The highest BCUT2D eigenvalue weighted by Gasteiger charge is 1.89. The Morgan fingerprint density at radius 3 is 2.75 bits per heavy atom. The molecule has 0 amide bonds. The highest BCUT2D eigenvalue weighted by molar-refractivity contribution is 5.63. The minimum atomic E-state index is 0.184. The molecule has 0 unspecified atom stereocenters. The van der Waals surface area contributed by atoms with Gasteiger partial charge in [0.05, 0.1) is 0 Å². The van der Waals surface area contributed by atoms with Crippen LogP contribution in [0.1, 0.15) is 12.0 Å². The van der Waals surface area contributed by atoms with Crippen LogP contribution in [0.15, 0.2) is 30.3 Å². The normalized spacial score (nSPS) is 10.8. The summed E-state index contributed by atoms with van der Waals surface area (Å²) in [6.45, 7) is 0.184. The van der Waals surface area contributed by atoms with E-state index in [1.54, 1.807) is 0 Å². The summed E-state index contributed by atoms with van der Waals surface area (Å²) < 4.78 is 0. The van der Waals surface area contributed by atoms with Crippen molar-refractivity contribution in [1.82, 2.24) is 0 Å². The monoisotopic (exact) mass is 163 g/mol. The summed E-state index contributed by atoms with van der Waals surface area (Å²) in [5.74, 6) is 0. The highest BCUT2D eigenvalue weighted by atomic mass is 16.2. The molecule has 0 aliphatic rings. The van der Waals surface area contributed by atoms with Crippen molar-refractivity contribution >= 4 is 11.8 Å². The van der Waals surface area contributed by atoms with Crippen LogP contribution < -0.4 is 5.73 Å². The Labute approximate surface area is 72.3 Å². The average molecular weight is 163 g/mol. The Balaban J connectivity index is 2.68. The first kappa shape index (κ1) is 8.81. The van der Waals surface area contributed by atoms with Crippen molar-refractivity contribution < 1.29 is 5.11 Å². The van der Waals surface area contributed by atoms with Gasteiger partial charge in [0.25, 0.3) is 0 Å². The van der Waals surface area contributed by atoms with Crippen molar-refractivity contribution in [2.24, 2.45) is 0 Å². The number of aliphatic hydroxyl groups excluding tert-OH is 1. The molecule has 2 heteroatoms. The Hall–Kier alpha value is -1.28. The maximum Gasteiger partial charge on any atom is 0.0465 e. The Bertz CT molecular complexity index is 268. The predicted molar refractivity (Wildman–Crippen MR) is 51.6 cm³/mol. The lowest BCUT2D eigenvalue weighted by Crippen LogP contribution is -1.87. The van der Waals surface area contributed by atoms with Crippen LogP contribution in [0.3, 0.4) is 0 Å². The summed E-state index contributed by atoms with van der Waals surface area (Å²) in [4.78, 5) is 0. The molecule has 2 nitrogen and oxygen atoms in total. The Morgan fingerprint density at radius 1 is 1.33 bits per heavy atom. The van der Waals surface area contributed by atoms with Crippen LogP contribution in [0.4, 0.5) is 5.69 Å². The van der Waals surface area contributed by atoms with E-state index in [2.05, 4.69) is 0 Å². The molecule has 1 aromatic rings. The molecule has 0 atom stereocenters. The van der Waals surface area contributed by atoms with Crippen LogP contribution in [0.2, 0.25) is 0 Å². The van der Waals surface area contributed by atoms with E-state index in [4.69, 9.17) is 10.8 Å². The summed E-state index contributed by atoms with van der Waals surface area (Å²) in [7, 11) is 0. The van der Waals surface area contributed by atoms with Gasteiger partial charge in [-0.2, -0.15) is 0 Å². The molecule has 12 heavy (non-hydrogen) atoms. The molecule has 0 saturated heterocycles. The maximum atomic E-state index is 8.53. The van der Waals surface area contributed by atoms with E-state index >= 15 is 0 Å². The maximum absolute atomic E-state index is 8.53. The van der Waals surface area contributed by atoms with Crippen LogP contribution >= 0.6 is 0 Å². The van der Waals surface area contributed by atoms with Gasteiger partial charge in [0.2, 0.25) is 0 Å². The number of nitrogen functional groups attached to an aromatic ring is 1. The first-order valence-electron chi connectivity index (χ1n) is 3.96. The third-order valence-electron chi connectivity index (χ3n) is 1.59. The molecule has 1 aromatic carbocycles. The van der Waals surface area contributed by atoms with Gasteiger partial charge in [-0.15, -0.1) is 0 Å². The van der Waals surface area contributed by atoms with E-state index in [0.717, 1.165) is 11.3 Å². The van der Waals surface area contributed by atoms with Crippen LogP contribution in [0.5, 0.6) is 0 Å². The summed E-state index contributed by atoms with van der Waals surface area (Å²) in [5.41, 5.74) is 7.46. The van der Waals surface area contributed by atoms with Gasteiger partial charge in [0.1, 0.15) is 0 Å². The molecule has 0 aliphatic heterocycles. The first-order valence-corrected chi connectivity index (χ1v) is 3.96. The zero-order chi connectivity index (χ0) is 8.81. The van der Waals surface area contributed by atoms with E-state index in [-0.39, 0.29) is 6.61 Å². The lowest BCUT2D eigenvalue weighted by Gasteiger charge is -1.97. The van der Waals surface area contributed by atoms with Gasteiger partial charge in [-0.05, 0) is 18.1 Å². The summed E-state index contributed by atoms with van der Waals surface area (Å²) in [6, 6.07) is 7.65. The second kappa shape index (κ2) is 4.57. The van der Waals surface area contributed by atoms with Gasteiger partial charge in [-0.1, -0.05) is 30.4 Å². The fourth-order valence-corrected chi connectivity index (χ4v) is 0.948. The van der Waals surface area contributed by atoms with Crippen LogP contribution in [-0.4, -0.2) is 11.7 Å². The van der Waals surface area contributed by atoms with Crippen molar-refractivity contribution in [2.45, 2.75) is 6.42 Å². The van der Waals surface area contributed by atoms with Crippen molar-refractivity contribution in [2.75, 3.05) is 12.3 Å². The van der Waals surface area contributed by atoms with Gasteiger partial charge >= 0.3 is 0 Å². The molecule has 0 spiro atoms. The molecule has 0 aromatic heterocycles. The lowest BCUT2D eigenvalue weighted by molar-refractivity contribution is 0.303. The zero-order valence-electron chi connectivity index (χ0n) is 6.90. The third kappa shape index (κ3) is 2.40. The number of hydrogen-bond donors (Lipinski definition) is 2. The van der Waals surface area contributed by atoms with Crippen molar-refractivity contribution in [3.8, 4) is 0 Å². The molecule has 64 valence electrons. The number of anilines is 1. The second-order valence-corrected chi connectivity index (χ2v) is 2.54. The van der Waals surface area contributed by atoms with Crippen molar-refractivity contribution in [1.29, 1.82) is 0 Å². The quantitative estimate of drug-likeness (QED) is 0.666. The fourth-order valence-electron chi connectivity index (χ4n) is 0.948. The number of rotatable bonds is 3. The van der Waals surface area contributed by atoms with Crippen LogP contribution in [0, 0.1) is 0 Å². The fraction of sp³-hybridized carbons (Fsp3) is 0.200. The number of para-hydroxylation sites is 1. The largest absolute Gasteiger partial charge is 0.398 e. The predicted octanol–water partition coefficient (Wildman–Crippen LogP) is 1.66. The van der Waals surface area contributed by atoms with E-state index < -0.39 is 0 Å². The first-order chi connectivity index (χ1) is 5.84. The minimum absolute atomic E-state index is 0.184. The van der Waals surface area contributed by atoms with Crippen LogP contribution in [0.25, 0.3) is 6.08 Å². The van der Waals surface area contributed by atoms with Gasteiger partial charge in [0, 0.05) is 12.3 Å². The van der Waals surface area contributed by atoms with E-state index in [1.165, 1.54) is 0 Å². The summed E-state index contributed by atoms with van der Waals surface area (Å²) in [6.07, 6.45) is 4.51. The molecule has 1 rings (SSSR count). The molecule has 0 bridgehead atoms. The second-order valence-electron chi connectivity index (χ2n) is 2.54. The van der Waals surface area contributed by atoms with Gasteiger partial charge in [0.15, 0.2) is 0 Å². The molecular weight excluding hydrogens is 150 g/mol. The highest BCUT2D eigenvalue weighted by Crippen LogP contribution is 2.12. The smallest absolute Gasteiger partial charge is 0.0465 e. The molecule has 0 saturated carbocycles. The van der Waals surface area contributed by atoms with E-state index in [0.29, 0.717) is 6.42 Å². The minimum Gasteiger partial charge on any atom is -0.398 e. The number of benzene rings is 1. The SMILES string of the molecule is Nc1ccccc1C=CCCO. The Morgan fingerprint density at radius 2 is 2.08 bits per heavy atom. The summed E-state index contributed by atoms with van der Waals surface area (Å²) >= 11 is 0. The summed E-state index contributed by atoms with van der Waals surface area (Å²) in [5, 5.41) is 8.53. The molecule has 3 N–H and O–H groups in total. The average Bonchev–Trinajstić information content (AvgIpc) is 2.09. The number of nitrogens with two attached hydrogens (primary N) is 1. The molecule has 0 fully saturated rings. The molecular formula is C10H13NO. The molecule has 0 aliphatic carbocycles. The van der Waals surface area contributed by atoms with Gasteiger partial charge in [-0.3, -0.25) is 0 Å². The zero-order valence-corrected chi connectivity index (χ0v) is 6.90. The number of hydrogen-bond acceptors (Lipinski definition) is 2. The van der Waals surface area contributed by atoms with Gasteiger partial charge in [-0.25, -0.2) is 0 Å². The lowest BCUT2D eigenvalue weighted by atomic mass is 10.1.